The fraction of sp³-hybridized carbons (Fsp3) is 0.308. The first-order valence-electron chi connectivity index (χ1n) is 5.72. The highest BCUT2D eigenvalue weighted by Gasteiger charge is 2.08. The summed E-state index contributed by atoms with van der Waals surface area (Å²) in [6, 6.07) is 6.33. The Labute approximate surface area is 110 Å². The third-order valence-electron chi connectivity index (χ3n) is 2.71. The number of aromatic nitrogens is 2. The molecule has 0 fully saturated rings. The first-order valence-corrected chi connectivity index (χ1v) is 6.51. The van der Waals surface area contributed by atoms with Crippen LogP contribution < -0.4 is 5.32 Å². The van der Waals surface area contributed by atoms with E-state index in [1.54, 1.807) is 0 Å². The van der Waals surface area contributed by atoms with Gasteiger partial charge in [-0.15, -0.1) is 0 Å². The highest BCUT2D eigenvalue weighted by Crippen LogP contribution is 2.22. The van der Waals surface area contributed by atoms with Crippen molar-refractivity contribution in [2.24, 2.45) is 0 Å². The molecule has 0 saturated heterocycles. The van der Waals surface area contributed by atoms with E-state index in [1.807, 2.05) is 19.4 Å². The minimum atomic E-state index is 0.851. The monoisotopic (exact) mass is 293 g/mol. The van der Waals surface area contributed by atoms with Crippen LogP contribution in [0, 0.1) is 0 Å². The number of aryl methyl sites for hydroxylation is 1. The van der Waals surface area contributed by atoms with Crippen molar-refractivity contribution in [2.45, 2.75) is 19.9 Å². The summed E-state index contributed by atoms with van der Waals surface area (Å²) >= 11 is 3.53. The van der Waals surface area contributed by atoms with Gasteiger partial charge in [-0.2, -0.15) is 0 Å². The Kier molecular flexibility index (Phi) is 3.97. The minimum absolute atomic E-state index is 0.851. The molecule has 0 bridgehead atoms. The van der Waals surface area contributed by atoms with Gasteiger partial charge >= 0.3 is 0 Å². The number of imidazole rings is 1. The van der Waals surface area contributed by atoms with Crippen molar-refractivity contribution in [3.05, 3.63) is 46.5 Å². The van der Waals surface area contributed by atoms with Gasteiger partial charge in [-0.25, -0.2) is 4.98 Å². The predicted molar refractivity (Wildman–Crippen MR) is 73.4 cm³/mol. The third-order valence-corrected chi connectivity index (χ3v) is 3.20. The average molecular weight is 294 g/mol. The summed E-state index contributed by atoms with van der Waals surface area (Å²) in [5.41, 5.74) is 2.45. The van der Waals surface area contributed by atoms with Crippen molar-refractivity contribution >= 4 is 15.9 Å². The Balaban J connectivity index is 2.52. The second-order valence-corrected chi connectivity index (χ2v) is 4.79. The van der Waals surface area contributed by atoms with Crippen molar-refractivity contribution in [3.8, 4) is 5.69 Å². The molecule has 4 heteroatoms. The fourth-order valence-corrected chi connectivity index (χ4v) is 2.27. The van der Waals surface area contributed by atoms with Gasteiger partial charge in [0.1, 0.15) is 5.82 Å². The maximum Gasteiger partial charge on any atom is 0.112 e. The molecule has 0 radical (unpaired) electrons. The first kappa shape index (κ1) is 12.3. The molecule has 2 aromatic rings. The lowest BCUT2D eigenvalue weighted by Gasteiger charge is -2.13. The molecular weight excluding hydrogens is 278 g/mol. The molecule has 90 valence electrons. The van der Waals surface area contributed by atoms with E-state index in [4.69, 9.17) is 0 Å². The molecule has 3 nitrogen and oxygen atoms in total. The van der Waals surface area contributed by atoms with E-state index in [1.165, 1.54) is 11.3 Å². The van der Waals surface area contributed by atoms with Crippen molar-refractivity contribution < 1.29 is 0 Å². The molecule has 0 saturated carbocycles. The topological polar surface area (TPSA) is 29.9 Å². The van der Waals surface area contributed by atoms with Crippen molar-refractivity contribution in [3.63, 3.8) is 0 Å². The predicted octanol–water partition coefficient (Wildman–Crippen LogP) is 2.92. The van der Waals surface area contributed by atoms with Crippen LogP contribution in [-0.4, -0.2) is 16.6 Å². The van der Waals surface area contributed by atoms with Crippen molar-refractivity contribution in [1.29, 1.82) is 0 Å². The van der Waals surface area contributed by atoms with E-state index < -0.39 is 0 Å². The summed E-state index contributed by atoms with van der Waals surface area (Å²) in [6.07, 6.45) is 4.79. The lowest BCUT2D eigenvalue weighted by molar-refractivity contribution is 0.797. The molecule has 1 aromatic carbocycles. The van der Waals surface area contributed by atoms with Gasteiger partial charge in [0, 0.05) is 29.8 Å². The summed E-state index contributed by atoms with van der Waals surface area (Å²) in [7, 11) is 1.96. The number of halogens is 1. The lowest BCUT2D eigenvalue weighted by Crippen LogP contribution is -2.10. The summed E-state index contributed by atoms with van der Waals surface area (Å²) < 4.78 is 3.24. The van der Waals surface area contributed by atoms with E-state index in [-0.39, 0.29) is 0 Å². The Morgan fingerprint density at radius 2 is 2.24 bits per heavy atom. The highest BCUT2D eigenvalue weighted by molar-refractivity contribution is 9.10. The standard InChI is InChI=1S/C13H16BrN3/c1-3-13-16-6-7-17(13)12-8-11(14)5-4-10(12)9-15-2/h4-8,15H,3,9H2,1-2H3. The molecule has 0 aliphatic rings. The number of hydrogen-bond donors (Lipinski definition) is 1. The van der Waals surface area contributed by atoms with Crippen LogP contribution >= 0.6 is 15.9 Å². The third kappa shape index (κ3) is 2.58. The molecule has 0 atom stereocenters. The van der Waals surface area contributed by atoms with Gasteiger partial charge in [0.2, 0.25) is 0 Å². The zero-order valence-corrected chi connectivity index (χ0v) is 11.7. The van der Waals surface area contributed by atoms with Crippen molar-refractivity contribution in [2.75, 3.05) is 7.05 Å². The van der Waals surface area contributed by atoms with Crippen LogP contribution in [0.5, 0.6) is 0 Å². The fourth-order valence-electron chi connectivity index (χ4n) is 1.92. The zero-order valence-electron chi connectivity index (χ0n) is 10.1. The van der Waals surface area contributed by atoms with Gasteiger partial charge < -0.3 is 9.88 Å². The number of nitrogens with zero attached hydrogens (tertiary/aromatic N) is 2. The molecule has 0 aliphatic heterocycles. The van der Waals surface area contributed by atoms with E-state index in [9.17, 15) is 0 Å². The smallest absolute Gasteiger partial charge is 0.112 e. The van der Waals surface area contributed by atoms with E-state index >= 15 is 0 Å². The highest BCUT2D eigenvalue weighted by atomic mass is 79.9. The number of nitrogens with one attached hydrogen (secondary N) is 1. The number of hydrogen-bond acceptors (Lipinski definition) is 2. The largest absolute Gasteiger partial charge is 0.316 e. The SMILES string of the molecule is CCc1nccn1-c1cc(Br)ccc1CNC. The first-order chi connectivity index (χ1) is 8.26. The molecule has 1 heterocycles. The summed E-state index contributed by atoms with van der Waals surface area (Å²) in [5.74, 6) is 1.08. The molecule has 17 heavy (non-hydrogen) atoms. The Bertz CT molecular complexity index is 505. The quantitative estimate of drug-likeness (QED) is 0.939. The Morgan fingerprint density at radius 3 is 2.94 bits per heavy atom. The van der Waals surface area contributed by atoms with Gasteiger partial charge in [-0.3, -0.25) is 0 Å². The average Bonchev–Trinajstić information content (AvgIpc) is 2.79. The van der Waals surface area contributed by atoms with Crippen LogP contribution in [0.15, 0.2) is 35.1 Å². The van der Waals surface area contributed by atoms with E-state index in [0.29, 0.717) is 0 Å². The second kappa shape index (κ2) is 5.47. The molecule has 0 spiro atoms. The molecule has 0 unspecified atom stereocenters. The van der Waals surface area contributed by atoms with Crippen LogP contribution in [0.4, 0.5) is 0 Å². The Hall–Kier alpha value is -1.13. The van der Waals surface area contributed by atoms with Gasteiger partial charge in [0.05, 0.1) is 5.69 Å². The molecule has 2 rings (SSSR count). The van der Waals surface area contributed by atoms with Gasteiger partial charge in [-0.1, -0.05) is 28.9 Å². The zero-order chi connectivity index (χ0) is 12.3. The molecule has 1 aromatic heterocycles. The van der Waals surface area contributed by atoms with Crippen LogP contribution in [-0.2, 0) is 13.0 Å². The summed E-state index contributed by atoms with van der Waals surface area (Å²) in [6.45, 7) is 2.97. The van der Waals surface area contributed by atoms with Crippen LogP contribution in [0.3, 0.4) is 0 Å². The second-order valence-electron chi connectivity index (χ2n) is 3.87. The van der Waals surface area contributed by atoms with Crippen LogP contribution in [0.2, 0.25) is 0 Å². The molecule has 1 N–H and O–H groups in total. The number of benzene rings is 1. The Morgan fingerprint density at radius 1 is 1.41 bits per heavy atom. The number of rotatable bonds is 4. The normalized spacial score (nSPS) is 10.8. The summed E-state index contributed by atoms with van der Waals surface area (Å²) in [5, 5.41) is 3.19. The van der Waals surface area contributed by atoms with Gasteiger partial charge in [0.25, 0.3) is 0 Å². The van der Waals surface area contributed by atoms with E-state index in [2.05, 4.69) is 55.9 Å². The molecule has 0 aliphatic carbocycles. The maximum absolute atomic E-state index is 4.37. The molecule has 0 amide bonds. The minimum Gasteiger partial charge on any atom is -0.316 e. The maximum atomic E-state index is 4.37. The van der Waals surface area contributed by atoms with E-state index in [0.717, 1.165) is 23.3 Å². The van der Waals surface area contributed by atoms with Crippen LogP contribution in [0.25, 0.3) is 5.69 Å². The lowest BCUT2D eigenvalue weighted by atomic mass is 10.1. The van der Waals surface area contributed by atoms with Crippen molar-refractivity contribution in [1.82, 2.24) is 14.9 Å². The van der Waals surface area contributed by atoms with Gasteiger partial charge in [0.15, 0.2) is 0 Å². The van der Waals surface area contributed by atoms with Crippen LogP contribution in [0.1, 0.15) is 18.3 Å². The molecular formula is C13H16BrN3. The van der Waals surface area contributed by atoms with Gasteiger partial charge in [-0.05, 0) is 24.7 Å². The summed E-state index contributed by atoms with van der Waals surface area (Å²) in [4.78, 5) is 4.37.